The van der Waals surface area contributed by atoms with Crippen LogP contribution in [0.1, 0.15) is 27.3 Å². The Morgan fingerprint density at radius 1 is 1.06 bits per heavy atom. The highest BCUT2D eigenvalue weighted by Crippen LogP contribution is 2.28. The van der Waals surface area contributed by atoms with E-state index in [1.54, 1.807) is 30.5 Å². The molecular formula is C22H18F4N2O4. The lowest BCUT2D eigenvalue weighted by Gasteiger charge is -2.11. The molecule has 0 atom stereocenters. The second kappa shape index (κ2) is 8.81. The molecule has 0 amide bonds. The van der Waals surface area contributed by atoms with Gasteiger partial charge in [0.05, 0.1) is 11.3 Å². The van der Waals surface area contributed by atoms with Crippen molar-refractivity contribution in [2.75, 3.05) is 6.61 Å². The van der Waals surface area contributed by atoms with Crippen molar-refractivity contribution in [3.63, 3.8) is 0 Å². The van der Waals surface area contributed by atoms with E-state index in [-0.39, 0.29) is 11.3 Å². The van der Waals surface area contributed by atoms with Crippen molar-refractivity contribution in [1.29, 1.82) is 0 Å². The van der Waals surface area contributed by atoms with Crippen LogP contribution in [0.5, 0.6) is 0 Å². The van der Waals surface area contributed by atoms with Gasteiger partial charge in [-0.1, -0.05) is 12.1 Å². The van der Waals surface area contributed by atoms with Gasteiger partial charge in [0.15, 0.2) is 6.61 Å². The van der Waals surface area contributed by atoms with Gasteiger partial charge in [0.2, 0.25) is 5.78 Å². The number of ether oxygens (including phenoxy) is 1. The number of ketones is 1. The van der Waals surface area contributed by atoms with Crippen LogP contribution >= 0.6 is 0 Å². The van der Waals surface area contributed by atoms with Crippen LogP contribution in [0.15, 0.2) is 53.5 Å². The zero-order valence-corrected chi connectivity index (χ0v) is 17.1. The van der Waals surface area contributed by atoms with Crippen molar-refractivity contribution in [3.8, 4) is 5.69 Å². The third-order valence-corrected chi connectivity index (χ3v) is 4.80. The third kappa shape index (κ3) is 4.79. The summed E-state index contributed by atoms with van der Waals surface area (Å²) in [5.74, 6) is -2.11. The Bertz CT molecular complexity index is 1240. The van der Waals surface area contributed by atoms with Gasteiger partial charge in [-0.25, -0.2) is 4.39 Å². The molecule has 2 heterocycles. The lowest BCUT2D eigenvalue weighted by molar-refractivity contribution is -0.144. The number of hydrogen-bond acceptors (Lipinski definition) is 4. The molecule has 0 aliphatic carbocycles. The number of Topliss-reactive ketones (excluding diaryl/α,β-unsaturated/α-hetero) is 1. The van der Waals surface area contributed by atoms with Crippen LogP contribution in [0.4, 0.5) is 17.6 Å². The Balaban J connectivity index is 1.72. The van der Waals surface area contributed by atoms with Crippen LogP contribution in [-0.2, 0) is 22.3 Å². The minimum atomic E-state index is -4.68. The highest BCUT2D eigenvalue weighted by atomic mass is 19.4. The van der Waals surface area contributed by atoms with Gasteiger partial charge in [0, 0.05) is 29.2 Å². The van der Waals surface area contributed by atoms with E-state index in [0.717, 1.165) is 0 Å². The molecule has 3 rings (SSSR count). The Morgan fingerprint density at radius 3 is 2.41 bits per heavy atom. The van der Waals surface area contributed by atoms with Gasteiger partial charge in [0.25, 0.3) is 5.56 Å². The molecule has 2 aromatic heterocycles. The van der Waals surface area contributed by atoms with Crippen LogP contribution in [0.25, 0.3) is 5.69 Å². The van der Waals surface area contributed by atoms with Crippen molar-refractivity contribution in [2.45, 2.75) is 26.6 Å². The molecule has 0 N–H and O–H groups in total. The molecule has 0 aliphatic heterocycles. The number of aromatic nitrogens is 2. The van der Waals surface area contributed by atoms with Gasteiger partial charge < -0.3 is 13.9 Å². The van der Waals surface area contributed by atoms with Crippen molar-refractivity contribution >= 4 is 11.8 Å². The molecule has 0 saturated heterocycles. The first-order chi connectivity index (χ1) is 15.0. The maximum Gasteiger partial charge on any atom is 0.417 e. The maximum atomic E-state index is 14.2. The van der Waals surface area contributed by atoms with E-state index >= 15 is 0 Å². The van der Waals surface area contributed by atoms with Crippen LogP contribution in [0.2, 0.25) is 0 Å². The smallest absolute Gasteiger partial charge is 0.417 e. The minimum absolute atomic E-state index is 0.204. The second-order valence-corrected chi connectivity index (χ2v) is 7.04. The summed E-state index contributed by atoms with van der Waals surface area (Å²) in [5.41, 5.74) is -0.450. The van der Waals surface area contributed by atoms with Crippen molar-refractivity contribution < 1.29 is 31.9 Å². The monoisotopic (exact) mass is 450 g/mol. The number of para-hydroxylation sites is 1. The number of benzene rings is 1. The molecule has 6 nitrogen and oxygen atoms in total. The summed E-state index contributed by atoms with van der Waals surface area (Å²) < 4.78 is 59.5. The zero-order chi connectivity index (χ0) is 23.6. The number of rotatable bonds is 6. The molecule has 0 saturated carbocycles. The number of hydrogen-bond donors (Lipinski definition) is 0. The van der Waals surface area contributed by atoms with Crippen LogP contribution in [0.3, 0.4) is 0 Å². The zero-order valence-electron chi connectivity index (χ0n) is 17.1. The van der Waals surface area contributed by atoms with Gasteiger partial charge in [0.1, 0.15) is 12.4 Å². The van der Waals surface area contributed by atoms with E-state index in [2.05, 4.69) is 0 Å². The third-order valence-electron chi connectivity index (χ3n) is 4.80. The van der Waals surface area contributed by atoms with Gasteiger partial charge in [-0.05, 0) is 38.1 Å². The predicted molar refractivity (Wildman–Crippen MR) is 106 cm³/mol. The molecule has 0 spiro atoms. The van der Waals surface area contributed by atoms with Gasteiger partial charge in [-0.2, -0.15) is 13.2 Å². The molecule has 0 fully saturated rings. The first-order valence-electron chi connectivity index (χ1n) is 9.39. The Morgan fingerprint density at radius 2 is 1.75 bits per heavy atom. The summed E-state index contributed by atoms with van der Waals surface area (Å²) in [6.07, 6.45) is -4.18. The SMILES string of the molecule is Cc1cc(C(=O)COC(=O)Cn2cc(C(F)(F)F)ccc2=O)c(C)n1-c1ccccc1F. The standard InChI is InChI=1S/C22H18F4N2O4/c1-13-9-16(14(2)28(13)18-6-4-3-5-17(18)23)19(29)12-32-21(31)11-27-10-15(22(24,25)26)7-8-20(27)30/h3-10H,11-12H2,1-2H3. The molecule has 3 aromatic rings. The van der Waals surface area contributed by atoms with Gasteiger partial charge in [-0.3, -0.25) is 14.4 Å². The number of carbonyl (C=O) groups is 2. The van der Waals surface area contributed by atoms with Crippen molar-refractivity contribution in [2.24, 2.45) is 0 Å². The van der Waals surface area contributed by atoms with E-state index in [4.69, 9.17) is 4.74 Å². The quantitative estimate of drug-likeness (QED) is 0.325. The summed E-state index contributed by atoms with van der Waals surface area (Å²) in [7, 11) is 0. The molecule has 0 unspecified atom stereocenters. The molecule has 168 valence electrons. The normalized spacial score (nSPS) is 11.4. The Hall–Kier alpha value is -3.69. The van der Waals surface area contributed by atoms with Crippen LogP contribution < -0.4 is 5.56 Å². The molecule has 0 radical (unpaired) electrons. The predicted octanol–water partition coefficient (Wildman–Crippen LogP) is 3.84. The van der Waals surface area contributed by atoms with E-state index in [0.29, 0.717) is 34.3 Å². The van der Waals surface area contributed by atoms with E-state index in [1.165, 1.54) is 18.2 Å². The fourth-order valence-corrected chi connectivity index (χ4v) is 3.28. The highest BCUT2D eigenvalue weighted by Gasteiger charge is 2.31. The fourth-order valence-electron chi connectivity index (χ4n) is 3.28. The van der Waals surface area contributed by atoms with E-state index in [9.17, 15) is 31.9 Å². The number of esters is 1. The van der Waals surface area contributed by atoms with E-state index < -0.39 is 48.0 Å². The summed E-state index contributed by atoms with van der Waals surface area (Å²) in [6.45, 7) is 1.82. The Labute approximate surface area is 179 Å². The minimum Gasteiger partial charge on any atom is -0.456 e. The van der Waals surface area contributed by atoms with Crippen molar-refractivity contribution in [1.82, 2.24) is 9.13 Å². The number of nitrogens with zero attached hydrogens (tertiary/aromatic N) is 2. The molecule has 0 aliphatic rings. The number of pyridine rings is 1. The largest absolute Gasteiger partial charge is 0.456 e. The van der Waals surface area contributed by atoms with Gasteiger partial charge in [-0.15, -0.1) is 0 Å². The summed E-state index contributed by atoms with van der Waals surface area (Å²) >= 11 is 0. The first kappa shape index (κ1) is 23.0. The first-order valence-corrected chi connectivity index (χ1v) is 9.39. The lowest BCUT2D eigenvalue weighted by Crippen LogP contribution is -2.27. The van der Waals surface area contributed by atoms with Crippen LogP contribution in [-0.4, -0.2) is 27.5 Å². The summed E-state index contributed by atoms with van der Waals surface area (Å²) in [5, 5.41) is 0. The van der Waals surface area contributed by atoms with Crippen LogP contribution in [0, 0.1) is 19.7 Å². The molecule has 1 aromatic carbocycles. The van der Waals surface area contributed by atoms with Crippen molar-refractivity contribution in [3.05, 3.63) is 87.3 Å². The molecular weight excluding hydrogens is 432 g/mol. The Kier molecular flexibility index (Phi) is 6.33. The number of carbonyl (C=O) groups excluding carboxylic acids is 2. The number of aryl methyl sites for hydroxylation is 1. The maximum absolute atomic E-state index is 14.2. The van der Waals surface area contributed by atoms with E-state index in [1.807, 2.05) is 0 Å². The number of halogens is 4. The highest BCUT2D eigenvalue weighted by molar-refractivity contribution is 5.99. The number of alkyl halides is 3. The molecule has 0 bridgehead atoms. The lowest BCUT2D eigenvalue weighted by atomic mass is 10.1. The fraction of sp³-hybridized carbons (Fsp3) is 0.227. The van der Waals surface area contributed by atoms with Gasteiger partial charge >= 0.3 is 12.1 Å². The summed E-state index contributed by atoms with van der Waals surface area (Å²) in [4.78, 5) is 36.3. The second-order valence-electron chi connectivity index (χ2n) is 7.04. The molecule has 10 heteroatoms. The summed E-state index contributed by atoms with van der Waals surface area (Å²) in [6, 6.07) is 8.85. The average Bonchev–Trinajstić information content (AvgIpc) is 3.01. The topological polar surface area (TPSA) is 70.3 Å². The molecule has 32 heavy (non-hydrogen) atoms. The average molecular weight is 450 g/mol.